The molecule has 0 aromatic heterocycles. The van der Waals surface area contributed by atoms with Gasteiger partial charge in [0.2, 0.25) is 5.91 Å². The Morgan fingerprint density at radius 3 is 2.47 bits per heavy atom. The number of carbonyl (C=O) groups is 1. The van der Waals surface area contributed by atoms with Gasteiger partial charge in [0.15, 0.2) is 0 Å². The first-order valence-corrected chi connectivity index (χ1v) is 6.84. The van der Waals surface area contributed by atoms with E-state index in [4.69, 9.17) is 5.11 Å². The molecule has 1 heterocycles. The highest BCUT2D eigenvalue weighted by molar-refractivity contribution is 5.73. The Balaban J connectivity index is 1.97. The molecule has 1 aliphatic heterocycles. The van der Waals surface area contributed by atoms with Crippen molar-refractivity contribution in [2.75, 3.05) is 26.2 Å². The summed E-state index contributed by atoms with van der Waals surface area (Å²) in [6, 6.07) is 0.587. The Hall–Kier alpha value is -0.610. The minimum absolute atomic E-state index is 0.201. The zero-order valence-electron chi connectivity index (χ0n) is 11.0. The summed E-state index contributed by atoms with van der Waals surface area (Å²) in [4.78, 5) is 13.1. The second-order valence-electron chi connectivity index (χ2n) is 4.87. The summed E-state index contributed by atoms with van der Waals surface area (Å²) in [7, 11) is 0. The zero-order chi connectivity index (χ0) is 12.5. The number of nitrogens with zero attached hydrogens (tertiary/aromatic N) is 1. The van der Waals surface area contributed by atoms with Crippen LogP contribution in [0.5, 0.6) is 0 Å². The van der Waals surface area contributed by atoms with Gasteiger partial charge in [0.05, 0.1) is 0 Å². The van der Waals surface area contributed by atoms with Crippen molar-refractivity contribution in [3.63, 3.8) is 0 Å². The molecule has 0 aliphatic carbocycles. The number of unbranched alkanes of at least 4 members (excludes halogenated alkanes) is 3. The molecule has 4 heteroatoms. The molecule has 1 rings (SSSR count). The molecule has 0 radical (unpaired) electrons. The molecule has 0 atom stereocenters. The Morgan fingerprint density at radius 1 is 1.24 bits per heavy atom. The predicted octanol–water partition coefficient (Wildman–Crippen LogP) is 1.14. The first-order valence-electron chi connectivity index (χ1n) is 6.84. The number of amides is 1. The lowest BCUT2D eigenvalue weighted by molar-refractivity contribution is -0.129. The summed E-state index contributed by atoms with van der Waals surface area (Å²) >= 11 is 0. The molecule has 0 bridgehead atoms. The van der Waals surface area contributed by atoms with Gasteiger partial charge in [0, 0.05) is 32.7 Å². The Kier molecular flexibility index (Phi) is 7.21. The minimum Gasteiger partial charge on any atom is -0.396 e. The van der Waals surface area contributed by atoms with Gasteiger partial charge in [-0.3, -0.25) is 4.79 Å². The largest absolute Gasteiger partial charge is 0.396 e. The van der Waals surface area contributed by atoms with Crippen LogP contribution in [-0.2, 0) is 4.79 Å². The number of piperidine rings is 1. The van der Waals surface area contributed by atoms with Gasteiger partial charge < -0.3 is 15.3 Å². The molecule has 0 aromatic rings. The second-order valence-corrected chi connectivity index (χ2v) is 4.87. The summed E-state index contributed by atoms with van der Waals surface area (Å²) in [5, 5.41) is 12.2. The fourth-order valence-electron chi connectivity index (χ4n) is 2.30. The molecular formula is C13H26N2O2. The summed E-state index contributed by atoms with van der Waals surface area (Å²) < 4.78 is 0. The summed E-state index contributed by atoms with van der Waals surface area (Å²) in [5.74, 6) is 0.201. The number of rotatable bonds is 7. The number of carbonyl (C=O) groups excluding carboxylic acids is 1. The molecule has 0 spiro atoms. The normalized spacial score (nSPS) is 17.4. The van der Waals surface area contributed by atoms with E-state index in [1.165, 1.54) is 12.8 Å². The van der Waals surface area contributed by atoms with Gasteiger partial charge in [-0.05, 0) is 32.2 Å². The Labute approximate surface area is 104 Å². The van der Waals surface area contributed by atoms with Crippen LogP contribution in [0.15, 0.2) is 0 Å². The van der Waals surface area contributed by atoms with Gasteiger partial charge in [-0.15, -0.1) is 0 Å². The van der Waals surface area contributed by atoms with Crippen molar-refractivity contribution in [3.05, 3.63) is 0 Å². The summed E-state index contributed by atoms with van der Waals surface area (Å²) in [6.45, 7) is 4.83. The highest BCUT2D eigenvalue weighted by atomic mass is 16.2. The number of aliphatic hydroxyl groups excluding tert-OH is 1. The smallest absolute Gasteiger partial charge is 0.219 e. The molecule has 0 unspecified atom stereocenters. The van der Waals surface area contributed by atoms with Crippen molar-refractivity contribution in [1.82, 2.24) is 10.2 Å². The van der Waals surface area contributed by atoms with Crippen molar-refractivity contribution in [3.8, 4) is 0 Å². The fourth-order valence-corrected chi connectivity index (χ4v) is 2.30. The first-order chi connectivity index (χ1) is 8.24. The van der Waals surface area contributed by atoms with E-state index >= 15 is 0 Å². The van der Waals surface area contributed by atoms with Crippen molar-refractivity contribution < 1.29 is 9.90 Å². The van der Waals surface area contributed by atoms with Crippen molar-refractivity contribution >= 4 is 5.91 Å². The summed E-state index contributed by atoms with van der Waals surface area (Å²) in [5.41, 5.74) is 0. The minimum atomic E-state index is 0.201. The molecule has 1 amide bonds. The van der Waals surface area contributed by atoms with Crippen molar-refractivity contribution in [2.24, 2.45) is 0 Å². The number of hydrogen-bond acceptors (Lipinski definition) is 3. The number of hydrogen-bond donors (Lipinski definition) is 2. The van der Waals surface area contributed by atoms with Gasteiger partial charge in [-0.25, -0.2) is 0 Å². The molecule has 1 saturated heterocycles. The maximum Gasteiger partial charge on any atom is 0.219 e. The van der Waals surface area contributed by atoms with Crippen LogP contribution in [0, 0.1) is 0 Å². The van der Waals surface area contributed by atoms with Crippen LogP contribution in [0.1, 0.15) is 45.4 Å². The van der Waals surface area contributed by atoms with E-state index < -0.39 is 0 Å². The molecule has 1 aliphatic rings. The Bertz CT molecular complexity index is 213. The van der Waals surface area contributed by atoms with Crippen LogP contribution in [0.4, 0.5) is 0 Å². The van der Waals surface area contributed by atoms with Crippen molar-refractivity contribution in [1.29, 1.82) is 0 Å². The molecule has 4 nitrogen and oxygen atoms in total. The highest BCUT2D eigenvalue weighted by Crippen LogP contribution is 2.10. The molecule has 17 heavy (non-hydrogen) atoms. The van der Waals surface area contributed by atoms with Gasteiger partial charge >= 0.3 is 0 Å². The molecule has 100 valence electrons. The van der Waals surface area contributed by atoms with Gasteiger partial charge in [-0.2, -0.15) is 0 Å². The maximum atomic E-state index is 11.2. The molecule has 0 aromatic carbocycles. The maximum absolute atomic E-state index is 11.2. The highest BCUT2D eigenvalue weighted by Gasteiger charge is 2.19. The quantitative estimate of drug-likeness (QED) is 0.658. The van der Waals surface area contributed by atoms with E-state index in [0.29, 0.717) is 12.6 Å². The van der Waals surface area contributed by atoms with Crippen LogP contribution in [0.3, 0.4) is 0 Å². The number of aliphatic hydroxyl groups is 1. The van der Waals surface area contributed by atoms with E-state index in [-0.39, 0.29) is 5.91 Å². The number of likely N-dealkylation sites (tertiary alicyclic amines) is 1. The third-order valence-electron chi connectivity index (χ3n) is 3.46. The van der Waals surface area contributed by atoms with Gasteiger partial charge in [-0.1, -0.05) is 12.8 Å². The van der Waals surface area contributed by atoms with E-state index in [1.54, 1.807) is 6.92 Å². The monoisotopic (exact) mass is 242 g/mol. The standard InChI is InChI=1S/C13H26N2O2/c1-12(17)15-9-6-13(7-10-15)14-8-4-2-3-5-11-16/h13-14,16H,2-11H2,1H3. The number of nitrogens with one attached hydrogen (secondary N) is 1. The van der Waals surface area contributed by atoms with Crippen LogP contribution >= 0.6 is 0 Å². The average molecular weight is 242 g/mol. The first kappa shape index (κ1) is 14.5. The molecule has 1 fully saturated rings. The third-order valence-corrected chi connectivity index (χ3v) is 3.46. The van der Waals surface area contributed by atoms with Gasteiger partial charge in [0.25, 0.3) is 0 Å². The third kappa shape index (κ3) is 6.03. The van der Waals surface area contributed by atoms with E-state index in [1.807, 2.05) is 4.90 Å². The van der Waals surface area contributed by atoms with Crippen LogP contribution in [-0.4, -0.2) is 48.2 Å². The lowest BCUT2D eigenvalue weighted by Gasteiger charge is -2.31. The SMILES string of the molecule is CC(=O)N1CCC(NCCCCCCO)CC1. The second kappa shape index (κ2) is 8.48. The summed E-state index contributed by atoms with van der Waals surface area (Å²) in [6.07, 6.45) is 6.59. The predicted molar refractivity (Wildman–Crippen MR) is 68.8 cm³/mol. The zero-order valence-corrected chi connectivity index (χ0v) is 11.0. The molecule has 0 saturated carbocycles. The Morgan fingerprint density at radius 2 is 1.88 bits per heavy atom. The lowest BCUT2D eigenvalue weighted by Crippen LogP contribution is -2.44. The molecule has 2 N–H and O–H groups in total. The fraction of sp³-hybridized carbons (Fsp3) is 0.923. The van der Waals surface area contributed by atoms with Crippen LogP contribution in [0.25, 0.3) is 0 Å². The van der Waals surface area contributed by atoms with Crippen LogP contribution < -0.4 is 5.32 Å². The lowest BCUT2D eigenvalue weighted by atomic mass is 10.0. The van der Waals surface area contributed by atoms with Crippen LogP contribution in [0.2, 0.25) is 0 Å². The molecular weight excluding hydrogens is 216 g/mol. The topological polar surface area (TPSA) is 52.6 Å². The van der Waals surface area contributed by atoms with Crippen molar-refractivity contribution in [2.45, 2.75) is 51.5 Å². The van der Waals surface area contributed by atoms with E-state index in [9.17, 15) is 4.79 Å². The average Bonchev–Trinajstić information content (AvgIpc) is 2.34. The van der Waals surface area contributed by atoms with E-state index in [2.05, 4.69) is 5.32 Å². The van der Waals surface area contributed by atoms with E-state index in [0.717, 1.165) is 45.3 Å². The van der Waals surface area contributed by atoms with Gasteiger partial charge in [0.1, 0.15) is 0 Å².